The summed E-state index contributed by atoms with van der Waals surface area (Å²) in [5.41, 5.74) is 0.427. The monoisotopic (exact) mass is 277 g/mol. The van der Waals surface area contributed by atoms with Gasteiger partial charge in [-0.05, 0) is 32.8 Å². The van der Waals surface area contributed by atoms with Gasteiger partial charge in [0.2, 0.25) is 0 Å². The van der Waals surface area contributed by atoms with Gasteiger partial charge in [-0.2, -0.15) is 0 Å². The summed E-state index contributed by atoms with van der Waals surface area (Å²) in [6.45, 7) is 6.76. The van der Waals surface area contributed by atoms with Gasteiger partial charge < -0.3 is 14.7 Å². The Kier molecular flexibility index (Phi) is 4.33. The van der Waals surface area contributed by atoms with Crippen LogP contribution in [0.5, 0.6) is 0 Å². The number of likely N-dealkylation sites (tertiary alicyclic amines) is 1. The number of benzene rings is 1. The lowest BCUT2D eigenvalue weighted by atomic mass is 9.95. The zero-order valence-corrected chi connectivity index (χ0v) is 12.4. The number of hydrogen-bond donors (Lipinski definition) is 1. The molecule has 1 saturated heterocycles. The van der Waals surface area contributed by atoms with Crippen LogP contribution in [0.4, 0.5) is 4.79 Å². The molecule has 4 heteroatoms. The number of aliphatic hydroxyl groups is 1. The van der Waals surface area contributed by atoms with Crippen LogP contribution in [0.15, 0.2) is 30.3 Å². The normalized spacial score (nSPS) is 20.8. The SMILES string of the molecule is CC(C)(C)OC(=O)N1CC[C@H]([C@H](O)c2ccccc2)C1. The molecule has 1 N–H and O–H groups in total. The highest BCUT2D eigenvalue weighted by molar-refractivity contribution is 5.68. The predicted octanol–water partition coefficient (Wildman–Crippen LogP) is 2.98. The summed E-state index contributed by atoms with van der Waals surface area (Å²) >= 11 is 0. The fourth-order valence-electron chi connectivity index (χ4n) is 2.46. The Hall–Kier alpha value is -1.55. The summed E-state index contributed by atoms with van der Waals surface area (Å²) in [4.78, 5) is 13.7. The molecule has 0 saturated carbocycles. The molecule has 0 spiro atoms. The molecule has 1 aliphatic heterocycles. The highest BCUT2D eigenvalue weighted by atomic mass is 16.6. The maximum atomic E-state index is 12.0. The third-order valence-corrected chi connectivity index (χ3v) is 3.46. The Morgan fingerprint density at radius 2 is 2.00 bits per heavy atom. The summed E-state index contributed by atoms with van der Waals surface area (Å²) in [5, 5.41) is 10.4. The van der Waals surface area contributed by atoms with Crippen molar-refractivity contribution in [1.82, 2.24) is 4.90 Å². The van der Waals surface area contributed by atoms with Gasteiger partial charge in [0.05, 0.1) is 6.10 Å². The van der Waals surface area contributed by atoms with E-state index in [1.165, 1.54) is 0 Å². The number of carbonyl (C=O) groups excluding carboxylic acids is 1. The average Bonchev–Trinajstić information content (AvgIpc) is 2.86. The molecule has 0 aromatic heterocycles. The van der Waals surface area contributed by atoms with Crippen LogP contribution in [0.2, 0.25) is 0 Å². The smallest absolute Gasteiger partial charge is 0.410 e. The van der Waals surface area contributed by atoms with Gasteiger partial charge in [-0.15, -0.1) is 0 Å². The highest BCUT2D eigenvalue weighted by Gasteiger charge is 2.33. The first kappa shape index (κ1) is 14.9. The first-order valence-electron chi connectivity index (χ1n) is 7.08. The molecule has 1 aromatic rings. The molecule has 1 aliphatic rings. The van der Waals surface area contributed by atoms with E-state index in [1.807, 2.05) is 51.1 Å². The standard InChI is InChI=1S/C16H23NO3/c1-16(2,3)20-15(19)17-10-9-13(11-17)14(18)12-7-5-4-6-8-12/h4-8,13-14,18H,9-11H2,1-3H3/t13-,14+/m0/s1. The second kappa shape index (κ2) is 5.83. The lowest BCUT2D eigenvalue weighted by Crippen LogP contribution is -2.35. The minimum Gasteiger partial charge on any atom is -0.444 e. The largest absolute Gasteiger partial charge is 0.444 e. The van der Waals surface area contributed by atoms with E-state index < -0.39 is 11.7 Å². The van der Waals surface area contributed by atoms with Crippen LogP contribution in [0.25, 0.3) is 0 Å². The first-order valence-corrected chi connectivity index (χ1v) is 7.08. The number of hydrogen-bond acceptors (Lipinski definition) is 3. The lowest BCUT2D eigenvalue weighted by Gasteiger charge is -2.25. The van der Waals surface area contributed by atoms with Crippen LogP contribution < -0.4 is 0 Å². The van der Waals surface area contributed by atoms with E-state index in [1.54, 1.807) is 4.90 Å². The summed E-state index contributed by atoms with van der Waals surface area (Å²) in [7, 11) is 0. The first-order chi connectivity index (χ1) is 9.37. The van der Waals surface area contributed by atoms with Crippen molar-refractivity contribution in [2.24, 2.45) is 5.92 Å². The van der Waals surface area contributed by atoms with E-state index in [2.05, 4.69) is 0 Å². The number of rotatable bonds is 2. The molecule has 2 atom stereocenters. The Morgan fingerprint density at radius 3 is 2.60 bits per heavy atom. The summed E-state index contributed by atoms with van der Waals surface area (Å²) in [5.74, 6) is 0.0740. The van der Waals surface area contributed by atoms with E-state index in [4.69, 9.17) is 4.74 Å². The van der Waals surface area contributed by atoms with E-state index in [9.17, 15) is 9.90 Å². The molecule has 0 unspecified atom stereocenters. The van der Waals surface area contributed by atoms with Crippen LogP contribution in [-0.4, -0.2) is 34.8 Å². The summed E-state index contributed by atoms with van der Waals surface area (Å²) in [6.07, 6.45) is -0.0149. The average molecular weight is 277 g/mol. The number of amides is 1. The zero-order valence-electron chi connectivity index (χ0n) is 12.4. The number of carbonyl (C=O) groups is 1. The van der Waals surface area contributed by atoms with Gasteiger partial charge in [-0.3, -0.25) is 0 Å². The van der Waals surface area contributed by atoms with Crippen LogP contribution in [0.1, 0.15) is 38.9 Å². The van der Waals surface area contributed by atoms with Gasteiger partial charge in [-0.1, -0.05) is 30.3 Å². The molecule has 0 radical (unpaired) electrons. The number of ether oxygens (including phenoxy) is 1. The topological polar surface area (TPSA) is 49.8 Å². The molecule has 1 heterocycles. The zero-order chi connectivity index (χ0) is 14.8. The van der Waals surface area contributed by atoms with Gasteiger partial charge >= 0.3 is 6.09 Å². The molecular formula is C16H23NO3. The molecule has 1 aromatic carbocycles. The minimum atomic E-state index is -0.524. The third-order valence-electron chi connectivity index (χ3n) is 3.46. The maximum absolute atomic E-state index is 12.0. The molecular weight excluding hydrogens is 254 g/mol. The Balaban J connectivity index is 1.94. The van der Waals surface area contributed by atoms with Crippen LogP contribution in [0, 0.1) is 5.92 Å². The van der Waals surface area contributed by atoms with Crippen molar-refractivity contribution in [2.45, 2.75) is 38.9 Å². The van der Waals surface area contributed by atoms with E-state index in [0.717, 1.165) is 12.0 Å². The summed E-state index contributed by atoms with van der Waals surface area (Å²) in [6, 6.07) is 9.59. The predicted molar refractivity (Wildman–Crippen MR) is 77.3 cm³/mol. The number of nitrogens with zero attached hydrogens (tertiary/aromatic N) is 1. The fourth-order valence-corrected chi connectivity index (χ4v) is 2.46. The Morgan fingerprint density at radius 1 is 1.35 bits per heavy atom. The Bertz CT molecular complexity index is 453. The molecule has 20 heavy (non-hydrogen) atoms. The Labute approximate surface area is 120 Å². The lowest BCUT2D eigenvalue weighted by molar-refractivity contribution is 0.0268. The molecule has 4 nitrogen and oxygen atoms in total. The van der Waals surface area contributed by atoms with Crippen LogP contribution in [-0.2, 0) is 4.74 Å². The van der Waals surface area contributed by atoms with E-state index in [-0.39, 0.29) is 12.0 Å². The maximum Gasteiger partial charge on any atom is 0.410 e. The van der Waals surface area contributed by atoms with Crippen molar-refractivity contribution >= 4 is 6.09 Å². The fraction of sp³-hybridized carbons (Fsp3) is 0.562. The molecule has 1 amide bonds. The third kappa shape index (κ3) is 3.73. The quantitative estimate of drug-likeness (QED) is 0.904. The highest BCUT2D eigenvalue weighted by Crippen LogP contribution is 2.30. The van der Waals surface area contributed by atoms with E-state index in [0.29, 0.717) is 13.1 Å². The molecule has 0 bridgehead atoms. The minimum absolute atomic E-state index is 0.0740. The van der Waals surface area contributed by atoms with Crippen molar-refractivity contribution in [2.75, 3.05) is 13.1 Å². The van der Waals surface area contributed by atoms with Crippen molar-refractivity contribution in [3.05, 3.63) is 35.9 Å². The van der Waals surface area contributed by atoms with Crippen molar-refractivity contribution < 1.29 is 14.6 Å². The molecule has 0 aliphatic carbocycles. The second-order valence-electron chi connectivity index (χ2n) is 6.33. The van der Waals surface area contributed by atoms with Gasteiger partial charge in [0, 0.05) is 19.0 Å². The van der Waals surface area contributed by atoms with Gasteiger partial charge in [0.25, 0.3) is 0 Å². The van der Waals surface area contributed by atoms with Crippen molar-refractivity contribution in [1.29, 1.82) is 0 Å². The van der Waals surface area contributed by atoms with Gasteiger partial charge in [0.15, 0.2) is 0 Å². The second-order valence-corrected chi connectivity index (χ2v) is 6.33. The van der Waals surface area contributed by atoms with Crippen LogP contribution >= 0.6 is 0 Å². The molecule has 110 valence electrons. The van der Waals surface area contributed by atoms with Crippen molar-refractivity contribution in [3.8, 4) is 0 Å². The molecule has 1 fully saturated rings. The van der Waals surface area contributed by atoms with Gasteiger partial charge in [0.1, 0.15) is 5.60 Å². The molecule has 2 rings (SSSR count). The van der Waals surface area contributed by atoms with Crippen LogP contribution in [0.3, 0.4) is 0 Å². The van der Waals surface area contributed by atoms with E-state index >= 15 is 0 Å². The number of aliphatic hydroxyl groups excluding tert-OH is 1. The summed E-state index contributed by atoms with van der Waals surface area (Å²) < 4.78 is 5.36. The van der Waals surface area contributed by atoms with Gasteiger partial charge in [-0.25, -0.2) is 4.79 Å². The van der Waals surface area contributed by atoms with Crippen molar-refractivity contribution in [3.63, 3.8) is 0 Å².